The van der Waals surface area contributed by atoms with Gasteiger partial charge in [-0.3, -0.25) is 4.79 Å². The smallest absolute Gasteiger partial charge is 0.387 e. The van der Waals surface area contributed by atoms with Crippen molar-refractivity contribution in [1.29, 1.82) is 0 Å². The second kappa shape index (κ2) is 7.33. The number of rotatable bonds is 5. The molecule has 0 bridgehead atoms. The van der Waals surface area contributed by atoms with Gasteiger partial charge in [0.25, 0.3) is 0 Å². The molecule has 0 saturated carbocycles. The number of nitrogens with one attached hydrogen (secondary N) is 2. The maximum Gasteiger partial charge on any atom is 0.387 e. The van der Waals surface area contributed by atoms with Crippen molar-refractivity contribution in [3.8, 4) is 5.75 Å². The molecule has 1 aliphatic rings. The Kier molecular flexibility index (Phi) is 5.46. The van der Waals surface area contributed by atoms with E-state index in [9.17, 15) is 13.6 Å². The first-order valence-corrected chi connectivity index (χ1v) is 6.73. The van der Waals surface area contributed by atoms with Gasteiger partial charge in [0.1, 0.15) is 11.8 Å². The number of halogens is 2. The van der Waals surface area contributed by atoms with Crippen LogP contribution in [0, 0.1) is 0 Å². The van der Waals surface area contributed by atoms with Gasteiger partial charge < -0.3 is 20.1 Å². The van der Waals surface area contributed by atoms with Crippen molar-refractivity contribution in [3.63, 3.8) is 0 Å². The number of carbonyl (C=O) groups is 1. The molecule has 2 atom stereocenters. The summed E-state index contributed by atoms with van der Waals surface area (Å²) in [5.74, 6) is -0.164. The van der Waals surface area contributed by atoms with Crippen LogP contribution in [0.3, 0.4) is 0 Å². The average Bonchev–Trinajstić information content (AvgIpc) is 2.46. The summed E-state index contributed by atoms with van der Waals surface area (Å²) >= 11 is 0. The number of alkyl halides is 2. The van der Waals surface area contributed by atoms with Gasteiger partial charge >= 0.3 is 6.61 Å². The molecular formula is C14H18F2N2O3. The molecule has 2 rings (SSSR count). The third kappa shape index (κ3) is 4.37. The number of morpholine rings is 1. The third-order valence-corrected chi connectivity index (χ3v) is 3.24. The molecule has 0 unspecified atom stereocenters. The van der Waals surface area contributed by atoms with E-state index in [2.05, 4.69) is 15.4 Å². The van der Waals surface area contributed by atoms with Crippen LogP contribution >= 0.6 is 0 Å². The summed E-state index contributed by atoms with van der Waals surface area (Å²) in [6, 6.07) is 5.93. The zero-order valence-electron chi connectivity index (χ0n) is 11.6. The molecular weight excluding hydrogens is 282 g/mol. The lowest BCUT2D eigenvalue weighted by molar-refractivity contribution is -0.129. The lowest BCUT2D eigenvalue weighted by Crippen LogP contribution is -2.55. The summed E-state index contributed by atoms with van der Waals surface area (Å²) in [7, 11) is 0. The molecule has 1 saturated heterocycles. The summed E-state index contributed by atoms with van der Waals surface area (Å²) in [6.45, 7) is 0.204. The summed E-state index contributed by atoms with van der Waals surface area (Å²) in [5.41, 5.74) is 0.496. The fourth-order valence-electron chi connectivity index (χ4n) is 2.18. The molecule has 1 heterocycles. The van der Waals surface area contributed by atoms with Crippen LogP contribution in [0.2, 0.25) is 0 Å². The molecule has 0 spiro atoms. The SMILES string of the molecule is C[C@H]1OCCN[C@@H]1C(=O)NCc1ccccc1OC(F)F. The number of ether oxygens (including phenoxy) is 2. The zero-order valence-corrected chi connectivity index (χ0v) is 11.6. The van der Waals surface area contributed by atoms with Crippen LogP contribution < -0.4 is 15.4 Å². The topological polar surface area (TPSA) is 59.6 Å². The van der Waals surface area contributed by atoms with E-state index in [1.54, 1.807) is 18.2 Å². The van der Waals surface area contributed by atoms with E-state index in [1.807, 2.05) is 6.92 Å². The van der Waals surface area contributed by atoms with Gasteiger partial charge in [0.2, 0.25) is 5.91 Å². The van der Waals surface area contributed by atoms with Gasteiger partial charge in [-0.05, 0) is 13.0 Å². The Labute approximate surface area is 121 Å². The van der Waals surface area contributed by atoms with Crippen LogP contribution in [-0.2, 0) is 16.1 Å². The number of hydrogen-bond acceptors (Lipinski definition) is 4. The van der Waals surface area contributed by atoms with Crippen LogP contribution in [0.5, 0.6) is 5.75 Å². The molecule has 1 aromatic rings. The van der Waals surface area contributed by atoms with E-state index in [4.69, 9.17) is 4.74 Å². The second-order valence-electron chi connectivity index (χ2n) is 4.71. The van der Waals surface area contributed by atoms with Gasteiger partial charge in [0.15, 0.2) is 0 Å². The predicted octanol–water partition coefficient (Wildman–Crippen LogP) is 1.28. The summed E-state index contributed by atoms with van der Waals surface area (Å²) < 4.78 is 34.4. The first-order valence-electron chi connectivity index (χ1n) is 6.73. The van der Waals surface area contributed by atoms with Crippen molar-refractivity contribution in [2.75, 3.05) is 13.2 Å². The van der Waals surface area contributed by atoms with Crippen LogP contribution in [-0.4, -0.2) is 37.8 Å². The Morgan fingerprint density at radius 1 is 1.52 bits per heavy atom. The summed E-state index contributed by atoms with van der Waals surface area (Å²) in [4.78, 5) is 12.1. The van der Waals surface area contributed by atoms with E-state index in [-0.39, 0.29) is 24.3 Å². The van der Waals surface area contributed by atoms with Crippen molar-refractivity contribution in [1.82, 2.24) is 10.6 Å². The second-order valence-corrected chi connectivity index (χ2v) is 4.71. The summed E-state index contributed by atoms with van der Waals surface area (Å²) in [6.07, 6.45) is -0.230. The molecule has 5 nitrogen and oxygen atoms in total. The third-order valence-electron chi connectivity index (χ3n) is 3.24. The Bertz CT molecular complexity index is 485. The Balaban J connectivity index is 1.94. The van der Waals surface area contributed by atoms with E-state index >= 15 is 0 Å². The maximum atomic E-state index is 12.3. The van der Waals surface area contributed by atoms with Crippen LogP contribution in [0.15, 0.2) is 24.3 Å². The minimum Gasteiger partial charge on any atom is -0.434 e. The van der Waals surface area contributed by atoms with Gasteiger partial charge in [-0.25, -0.2) is 0 Å². The van der Waals surface area contributed by atoms with E-state index < -0.39 is 12.7 Å². The fourth-order valence-corrected chi connectivity index (χ4v) is 2.18. The Hall–Kier alpha value is -1.73. The van der Waals surface area contributed by atoms with Crippen LogP contribution in [0.4, 0.5) is 8.78 Å². The number of carbonyl (C=O) groups excluding carboxylic acids is 1. The molecule has 0 aromatic heterocycles. The number of benzene rings is 1. The number of hydrogen-bond donors (Lipinski definition) is 2. The lowest BCUT2D eigenvalue weighted by Gasteiger charge is -2.29. The molecule has 1 fully saturated rings. The van der Waals surface area contributed by atoms with E-state index in [0.717, 1.165) is 0 Å². The van der Waals surface area contributed by atoms with Crippen molar-refractivity contribution >= 4 is 5.91 Å². The van der Waals surface area contributed by atoms with Gasteiger partial charge in [-0.15, -0.1) is 0 Å². The lowest BCUT2D eigenvalue weighted by atomic mass is 10.1. The first-order chi connectivity index (χ1) is 10.1. The summed E-state index contributed by atoms with van der Waals surface area (Å²) in [5, 5.41) is 5.77. The van der Waals surface area contributed by atoms with Gasteiger partial charge in [0, 0.05) is 18.7 Å². The predicted molar refractivity (Wildman–Crippen MR) is 72.1 cm³/mol. The van der Waals surface area contributed by atoms with Crippen molar-refractivity contribution in [3.05, 3.63) is 29.8 Å². The first kappa shape index (κ1) is 15.7. The average molecular weight is 300 g/mol. The van der Waals surface area contributed by atoms with Crippen LogP contribution in [0.1, 0.15) is 12.5 Å². The Morgan fingerprint density at radius 3 is 3.00 bits per heavy atom. The monoisotopic (exact) mass is 300 g/mol. The highest BCUT2D eigenvalue weighted by Gasteiger charge is 2.28. The minimum absolute atomic E-state index is 0.0636. The van der Waals surface area contributed by atoms with E-state index in [1.165, 1.54) is 6.07 Å². The molecule has 2 N–H and O–H groups in total. The van der Waals surface area contributed by atoms with Gasteiger partial charge in [-0.2, -0.15) is 8.78 Å². The number of para-hydroxylation sites is 1. The van der Waals surface area contributed by atoms with Crippen molar-refractivity contribution < 1.29 is 23.0 Å². The Morgan fingerprint density at radius 2 is 2.29 bits per heavy atom. The quantitative estimate of drug-likeness (QED) is 0.860. The maximum absolute atomic E-state index is 12.3. The highest BCUT2D eigenvalue weighted by Crippen LogP contribution is 2.20. The van der Waals surface area contributed by atoms with Crippen molar-refractivity contribution in [2.24, 2.45) is 0 Å². The van der Waals surface area contributed by atoms with Crippen LogP contribution in [0.25, 0.3) is 0 Å². The standard InChI is InChI=1S/C14H18F2N2O3/c1-9-12(17-6-7-20-9)13(19)18-8-10-4-2-3-5-11(10)21-14(15)16/h2-5,9,12,14,17H,6-8H2,1H3,(H,18,19)/t9-,12+/m1/s1. The molecule has 0 aliphatic carbocycles. The molecule has 1 amide bonds. The highest BCUT2D eigenvalue weighted by molar-refractivity contribution is 5.82. The molecule has 1 aromatic carbocycles. The molecule has 1 aliphatic heterocycles. The molecule has 7 heteroatoms. The zero-order chi connectivity index (χ0) is 15.2. The fraction of sp³-hybridized carbons (Fsp3) is 0.500. The van der Waals surface area contributed by atoms with E-state index in [0.29, 0.717) is 18.7 Å². The molecule has 21 heavy (non-hydrogen) atoms. The molecule has 116 valence electrons. The normalized spacial score (nSPS) is 22.1. The van der Waals surface area contributed by atoms with Crippen molar-refractivity contribution in [2.45, 2.75) is 32.2 Å². The highest BCUT2D eigenvalue weighted by atomic mass is 19.3. The molecule has 0 radical (unpaired) electrons. The largest absolute Gasteiger partial charge is 0.434 e. The number of amides is 1. The van der Waals surface area contributed by atoms with Gasteiger partial charge in [-0.1, -0.05) is 18.2 Å². The minimum atomic E-state index is -2.89. The van der Waals surface area contributed by atoms with Gasteiger partial charge in [0.05, 0.1) is 12.7 Å².